The molecule has 3 rings (SSSR count). The van der Waals surface area contributed by atoms with Crippen molar-refractivity contribution in [3.63, 3.8) is 0 Å². The number of aliphatic imine (C=N–C) groups is 1. The molecule has 0 saturated heterocycles. The minimum absolute atomic E-state index is 0.0363. The Labute approximate surface area is 167 Å². The summed E-state index contributed by atoms with van der Waals surface area (Å²) in [6, 6.07) is 18.3. The van der Waals surface area contributed by atoms with Gasteiger partial charge in [-0.05, 0) is 31.4 Å². The second-order valence-electron chi connectivity index (χ2n) is 7.35. The molecule has 1 aliphatic carbocycles. The van der Waals surface area contributed by atoms with Crippen LogP contribution in [-0.4, -0.2) is 44.4 Å². The topological polar surface area (TPSA) is 65.9 Å². The average molecular weight is 382 g/mol. The molecule has 2 aromatic rings. The molecule has 0 heterocycles. The van der Waals surface area contributed by atoms with E-state index in [2.05, 4.69) is 29.7 Å². The molecule has 5 heteroatoms. The van der Waals surface area contributed by atoms with E-state index in [0.29, 0.717) is 6.54 Å². The molecule has 2 aromatic carbocycles. The second-order valence-corrected chi connectivity index (χ2v) is 7.35. The highest BCUT2D eigenvalue weighted by molar-refractivity contribution is 5.80. The van der Waals surface area contributed by atoms with E-state index in [9.17, 15) is 5.11 Å². The molecule has 1 fully saturated rings. The summed E-state index contributed by atoms with van der Waals surface area (Å²) in [5, 5.41) is 16.5. The predicted molar refractivity (Wildman–Crippen MR) is 114 cm³/mol. The molecule has 0 radical (unpaired) electrons. The molecule has 0 aliphatic heterocycles. The standard InChI is InChI=1S/C23H31N3O2/c1-3-24-22(25-15-19(16-27)18-9-5-4-6-10-18)26-17-23(13-14-23)20-11-7-8-12-21(20)28-2/h4-12,19,27H,3,13-17H2,1-2H3,(H2,24,25,26). The highest BCUT2D eigenvalue weighted by Crippen LogP contribution is 2.51. The number of hydrogen-bond acceptors (Lipinski definition) is 3. The van der Waals surface area contributed by atoms with Crippen LogP contribution in [0.5, 0.6) is 5.75 Å². The molecular formula is C23H31N3O2. The number of benzene rings is 2. The van der Waals surface area contributed by atoms with Crippen molar-refractivity contribution in [3.8, 4) is 5.75 Å². The lowest BCUT2D eigenvalue weighted by Crippen LogP contribution is -2.40. The summed E-state index contributed by atoms with van der Waals surface area (Å²) >= 11 is 0. The van der Waals surface area contributed by atoms with Crippen LogP contribution in [0.3, 0.4) is 0 Å². The van der Waals surface area contributed by atoms with Crippen LogP contribution in [0.4, 0.5) is 0 Å². The zero-order valence-corrected chi connectivity index (χ0v) is 16.8. The maximum Gasteiger partial charge on any atom is 0.191 e. The number of nitrogens with zero attached hydrogens (tertiary/aromatic N) is 1. The van der Waals surface area contributed by atoms with Gasteiger partial charge in [-0.1, -0.05) is 48.5 Å². The highest BCUT2D eigenvalue weighted by atomic mass is 16.5. The van der Waals surface area contributed by atoms with Crippen LogP contribution in [0.2, 0.25) is 0 Å². The van der Waals surface area contributed by atoms with Crippen LogP contribution in [-0.2, 0) is 5.41 Å². The molecule has 3 N–H and O–H groups in total. The fourth-order valence-electron chi connectivity index (χ4n) is 3.55. The Kier molecular flexibility index (Phi) is 6.93. The lowest BCUT2D eigenvalue weighted by molar-refractivity contribution is 0.265. The van der Waals surface area contributed by atoms with Crippen molar-refractivity contribution in [2.45, 2.75) is 31.1 Å². The molecule has 1 aliphatic rings. The van der Waals surface area contributed by atoms with E-state index in [0.717, 1.165) is 43.2 Å². The van der Waals surface area contributed by atoms with Gasteiger partial charge in [-0.25, -0.2) is 0 Å². The van der Waals surface area contributed by atoms with E-state index in [4.69, 9.17) is 9.73 Å². The SMILES string of the molecule is CCNC(=NCC1(c2ccccc2OC)CC1)NCC(CO)c1ccccc1. The largest absolute Gasteiger partial charge is 0.496 e. The number of para-hydroxylation sites is 1. The summed E-state index contributed by atoms with van der Waals surface area (Å²) in [7, 11) is 1.72. The number of aliphatic hydroxyl groups is 1. The van der Waals surface area contributed by atoms with Crippen molar-refractivity contribution in [2.75, 3.05) is 33.4 Å². The van der Waals surface area contributed by atoms with Gasteiger partial charge >= 0.3 is 0 Å². The maximum atomic E-state index is 9.78. The number of ether oxygens (including phenoxy) is 1. The van der Waals surface area contributed by atoms with Crippen LogP contribution in [0.15, 0.2) is 59.6 Å². The number of hydrogen-bond donors (Lipinski definition) is 3. The lowest BCUT2D eigenvalue weighted by atomic mass is 9.95. The van der Waals surface area contributed by atoms with Crippen LogP contribution < -0.4 is 15.4 Å². The van der Waals surface area contributed by atoms with E-state index in [1.54, 1.807) is 7.11 Å². The molecular weight excluding hydrogens is 350 g/mol. The van der Waals surface area contributed by atoms with Crippen molar-refractivity contribution < 1.29 is 9.84 Å². The van der Waals surface area contributed by atoms with Gasteiger partial charge in [-0.3, -0.25) is 4.99 Å². The van der Waals surface area contributed by atoms with Gasteiger partial charge in [0.25, 0.3) is 0 Å². The normalized spacial score (nSPS) is 16.3. The quantitative estimate of drug-likeness (QED) is 0.461. The van der Waals surface area contributed by atoms with E-state index in [1.165, 1.54) is 5.56 Å². The first-order valence-corrected chi connectivity index (χ1v) is 10.0. The van der Waals surface area contributed by atoms with Gasteiger partial charge < -0.3 is 20.5 Å². The van der Waals surface area contributed by atoms with Crippen molar-refractivity contribution in [3.05, 3.63) is 65.7 Å². The Morgan fingerprint density at radius 3 is 2.46 bits per heavy atom. The van der Waals surface area contributed by atoms with Gasteiger partial charge in [0.05, 0.1) is 20.3 Å². The summed E-state index contributed by atoms with van der Waals surface area (Å²) in [4.78, 5) is 4.86. The first-order valence-electron chi connectivity index (χ1n) is 10.0. The fourth-order valence-corrected chi connectivity index (χ4v) is 3.55. The summed E-state index contributed by atoms with van der Waals surface area (Å²) in [5.41, 5.74) is 2.45. The summed E-state index contributed by atoms with van der Waals surface area (Å²) in [6.07, 6.45) is 2.25. The number of guanidine groups is 1. The molecule has 28 heavy (non-hydrogen) atoms. The first kappa shape index (κ1) is 20.2. The molecule has 0 bridgehead atoms. The zero-order valence-electron chi connectivity index (χ0n) is 16.8. The van der Waals surface area contributed by atoms with Crippen LogP contribution in [0, 0.1) is 0 Å². The van der Waals surface area contributed by atoms with Crippen LogP contribution >= 0.6 is 0 Å². The Morgan fingerprint density at radius 2 is 1.82 bits per heavy atom. The third-order valence-electron chi connectivity index (χ3n) is 5.42. The minimum Gasteiger partial charge on any atom is -0.496 e. The molecule has 1 unspecified atom stereocenters. The van der Waals surface area contributed by atoms with Crippen molar-refractivity contribution in [2.24, 2.45) is 4.99 Å². The minimum atomic E-state index is 0.0363. The fraction of sp³-hybridized carbons (Fsp3) is 0.435. The van der Waals surface area contributed by atoms with Gasteiger partial charge in [0, 0.05) is 30.0 Å². The molecule has 1 atom stereocenters. The molecule has 0 amide bonds. The second kappa shape index (κ2) is 9.60. The summed E-state index contributed by atoms with van der Waals surface area (Å²) in [5.74, 6) is 1.77. The summed E-state index contributed by atoms with van der Waals surface area (Å²) < 4.78 is 5.56. The van der Waals surface area contributed by atoms with Crippen molar-refractivity contribution in [1.29, 1.82) is 0 Å². The molecule has 1 saturated carbocycles. The predicted octanol–water partition coefficient (Wildman–Crippen LogP) is 3.06. The number of rotatable bonds is 9. The van der Waals surface area contributed by atoms with Gasteiger partial charge in [0.1, 0.15) is 5.75 Å². The van der Waals surface area contributed by atoms with Gasteiger partial charge in [0.15, 0.2) is 5.96 Å². The smallest absolute Gasteiger partial charge is 0.191 e. The van der Waals surface area contributed by atoms with Crippen molar-refractivity contribution in [1.82, 2.24) is 10.6 Å². The van der Waals surface area contributed by atoms with Gasteiger partial charge in [0.2, 0.25) is 0 Å². The van der Waals surface area contributed by atoms with Crippen molar-refractivity contribution >= 4 is 5.96 Å². The van der Waals surface area contributed by atoms with Crippen LogP contribution in [0.25, 0.3) is 0 Å². The first-order chi connectivity index (χ1) is 13.7. The van der Waals surface area contributed by atoms with E-state index in [1.807, 2.05) is 42.5 Å². The highest BCUT2D eigenvalue weighted by Gasteiger charge is 2.46. The Morgan fingerprint density at radius 1 is 1.11 bits per heavy atom. The molecule has 0 spiro atoms. The third-order valence-corrected chi connectivity index (χ3v) is 5.42. The van der Waals surface area contributed by atoms with E-state index < -0.39 is 0 Å². The third kappa shape index (κ3) is 4.84. The zero-order chi connectivity index (χ0) is 19.8. The molecule has 0 aromatic heterocycles. The van der Waals surface area contributed by atoms with E-state index >= 15 is 0 Å². The van der Waals surface area contributed by atoms with Gasteiger partial charge in [-0.15, -0.1) is 0 Å². The van der Waals surface area contributed by atoms with Crippen LogP contribution in [0.1, 0.15) is 36.8 Å². The number of aliphatic hydroxyl groups excluding tert-OH is 1. The Bertz CT molecular complexity index is 772. The molecule has 150 valence electrons. The van der Waals surface area contributed by atoms with Gasteiger partial charge in [-0.2, -0.15) is 0 Å². The average Bonchev–Trinajstić information content (AvgIpc) is 3.54. The Hall–Kier alpha value is -2.53. The summed E-state index contributed by atoms with van der Waals surface area (Å²) in [6.45, 7) is 4.31. The molecule has 5 nitrogen and oxygen atoms in total. The lowest BCUT2D eigenvalue weighted by Gasteiger charge is -2.20. The Balaban J connectivity index is 1.67. The number of methoxy groups -OCH3 is 1. The van der Waals surface area contributed by atoms with E-state index in [-0.39, 0.29) is 17.9 Å². The maximum absolute atomic E-state index is 9.78. The monoisotopic (exact) mass is 381 g/mol. The number of nitrogens with one attached hydrogen (secondary N) is 2.